The van der Waals surface area contributed by atoms with E-state index < -0.39 is 0 Å². The summed E-state index contributed by atoms with van der Waals surface area (Å²) in [5.41, 5.74) is 0. The molecule has 0 spiro atoms. The van der Waals surface area contributed by atoms with E-state index >= 15 is 0 Å². The summed E-state index contributed by atoms with van der Waals surface area (Å²) in [5.74, 6) is 0.559. The molecule has 3 N–H and O–H groups in total. The lowest BCUT2D eigenvalue weighted by molar-refractivity contribution is 0.111. The summed E-state index contributed by atoms with van der Waals surface area (Å²) in [6.07, 6.45) is 5.60. The van der Waals surface area contributed by atoms with Crippen molar-refractivity contribution in [2.75, 3.05) is 31.6 Å². The summed E-state index contributed by atoms with van der Waals surface area (Å²) in [7, 11) is 0. The Hall–Kier alpha value is -1.89. The van der Waals surface area contributed by atoms with Gasteiger partial charge in [0.15, 0.2) is 0 Å². The van der Waals surface area contributed by atoms with E-state index in [0.29, 0.717) is 25.6 Å². The van der Waals surface area contributed by atoms with Gasteiger partial charge in [-0.2, -0.15) is 0 Å². The molecule has 0 radical (unpaired) electrons. The van der Waals surface area contributed by atoms with Crippen LogP contribution in [-0.2, 0) is 4.74 Å². The predicted octanol–water partition coefficient (Wildman–Crippen LogP) is 0.367. The lowest BCUT2D eigenvalue weighted by Crippen LogP contribution is -2.41. The van der Waals surface area contributed by atoms with Crippen molar-refractivity contribution in [1.82, 2.24) is 20.6 Å². The van der Waals surface area contributed by atoms with Gasteiger partial charge in [-0.1, -0.05) is 0 Å². The molecule has 0 aromatic carbocycles. The molecule has 2 amide bonds. The molecule has 1 atom stereocenters. The zero-order chi connectivity index (χ0) is 13.3. The van der Waals surface area contributed by atoms with Crippen molar-refractivity contribution in [3.05, 3.63) is 18.5 Å². The van der Waals surface area contributed by atoms with Crippen molar-refractivity contribution < 1.29 is 9.53 Å². The minimum Gasteiger partial charge on any atom is -0.376 e. The monoisotopic (exact) mass is 265 g/mol. The van der Waals surface area contributed by atoms with Gasteiger partial charge in [0.1, 0.15) is 0 Å². The molecule has 19 heavy (non-hydrogen) atoms. The summed E-state index contributed by atoms with van der Waals surface area (Å²) in [6, 6.07) is 1.58. The standard InChI is InChI=1S/C12H19N5O2/c18-12(17-9-10-3-1-8-19-10)16-7-6-15-11-13-4-2-5-14-11/h2,4-5,10H,1,3,6-9H2,(H,13,14,15)(H2,16,17,18). The number of nitrogens with one attached hydrogen (secondary N) is 3. The van der Waals surface area contributed by atoms with Gasteiger partial charge in [-0.25, -0.2) is 14.8 Å². The maximum absolute atomic E-state index is 11.5. The first kappa shape index (κ1) is 13.5. The Kier molecular flexibility index (Phi) is 5.36. The third-order valence-electron chi connectivity index (χ3n) is 2.77. The van der Waals surface area contributed by atoms with Gasteiger partial charge in [0.2, 0.25) is 5.95 Å². The smallest absolute Gasteiger partial charge is 0.314 e. The molecule has 0 saturated carbocycles. The molecule has 0 bridgehead atoms. The summed E-state index contributed by atoms with van der Waals surface area (Å²) in [6.45, 7) is 2.46. The Morgan fingerprint density at radius 3 is 2.89 bits per heavy atom. The fourth-order valence-electron chi connectivity index (χ4n) is 1.82. The molecule has 1 aromatic rings. The number of anilines is 1. The number of amides is 2. The quantitative estimate of drug-likeness (QED) is 0.647. The molecular formula is C12H19N5O2. The van der Waals surface area contributed by atoms with E-state index in [1.165, 1.54) is 0 Å². The van der Waals surface area contributed by atoms with Crippen LogP contribution in [-0.4, -0.2) is 48.3 Å². The molecule has 7 heteroatoms. The van der Waals surface area contributed by atoms with E-state index in [9.17, 15) is 4.79 Å². The number of carbonyl (C=O) groups excluding carboxylic acids is 1. The molecule has 1 aromatic heterocycles. The van der Waals surface area contributed by atoms with Crippen LogP contribution in [0.3, 0.4) is 0 Å². The number of urea groups is 1. The van der Waals surface area contributed by atoms with E-state index in [1.54, 1.807) is 18.5 Å². The van der Waals surface area contributed by atoms with Crippen molar-refractivity contribution in [1.29, 1.82) is 0 Å². The lowest BCUT2D eigenvalue weighted by atomic mass is 10.2. The van der Waals surface area contributed by atoms with Crippen molar-refractivity contribution >= 4 is 12.0 Å². The largest absolute Gasteiger partial charge is 0.376 e. The summed E-state index contributed by atoms with van der Waals surface area (Å²) >= 11 is 0. The van der Waals surface area contributed by atoms with Gasteiger partial charge in [-0.15, -0.1) is 0 Å². The van der Waals surface area contributed by atoms with E-state index in [0.717, 1.165) is 19.4 Å². The predicted molar refractivity (Wildman–Crippen MR) is 70.9 cm³/mol. The third-order valence-corrected chi connectivity index (χ3v) is 2.77. The second-order valence-corrected chi connectivity index (χ2v) is 4.27. The minimum absolute atomic E-state index is 0.168. The Balaban J connectivity index is 1.51. The maximum atomic E-state index is 11.5. The topological polar surface area (TPSA) is 88.2 Å². The first-order chi connectivity index (χ1) is 9.34. The van der Waals surface area contributed by atoms with Crippen LogP contribution in [0.25, 0.3) is 0 Å². The highest BCUT2D eigenvalue weighted by Crippen LogP contribution is 2.10. The summed E-state index contributed by atoms with van der Waals surface area (Å²) in [4.78, 5) is 19.5. The fourth-order valence-corrected chi connectivity index (χ4v) is 1.82. The van der Waals surface area contributed by atoms with E-state index in [4.69, 9.17) is 4.74 Å². The zero-order valence-electron chi connectivity index (χ0n) is 10.8. The van der Waals surface area contributed by atoms with Crippen LogP contribution < -0.4 is 16.0 Å². The van der Waals surface area contributed by atoms with E-state index in [-0.39, 0.29) is 12.1 Å². The fraction of sp³-hybridized carbons (Fsp3) is 0.583. The Morgan fingerprint density at radius 1 is 1.32 bits per heavy atom. The van der Waals surface area contributed by atoms with Crippen molar-refractivity contribution in [3.63, 3.8) is 0 Å². The Bertz CT molecular complexity index is 381. The van der Waals surface area contributed by atoms with Gasteiger partial charge >= 0.3 is 6.03 Å². The summed E-state index contributed by atoms with van der Waals surface area (Å²) < 4.78 is 5.42. The van der Waals surface area contributed by atoms with E-state index in [2.05, 4.69) is 25.9 Å². The van der Waals surface area contributed by atoms with Crippen molar-refractivity contribution in [2.45, 2.75) is 18.9 Å². The number of hydrogen-bond donors (Lipinski definition) is 3. The lowest BCUT2D eigenvalue weighted by Gasteiger charge is -2.11. The average Bonchev–Trinajstić information content (AvgIpc) is 2.96. The average molecular weight is 265 g/mol. The first-order valence-electron chi connectivity index (χ1n) is 6.49. The first-order valence-corrected chi connectivity index (χ1v) is 6.49. The molecule has 1 aliphatic heterocycles. The highest BCUT2D eigenvalue weighted by Gasteiger charge is 2.15. The van der Waals surface area contributed by atoms with Crippen molar-refractivity contribution in [2.24, 2.45) is 0 Å². The number of aromatic nitrogens is 2. The van der Waals surface area contributed by atoms with Crippen LogP contribution in [0, 0.1) is 0 Å². The molecule has 1 saturated heterocycles. The van der Waals surface area contributed by atoms with Crippen LogP contribution in [0.2, 0.25) is 0 Å². The molecule has 2 heterocycles. The molecule has 1 aliphatic rings. The van der Waals surface area contributed by atoms with E-state index in [1.807, 2.05) is 0 Å². The second kappa shape index (κ2) is 7.52. The highest BCUT2D eigenvalue weighted by atomic mass is 16.5. The van der Waals surface area contributed by atoms with Crippen LogP contribution in [0.4, 0.5) is 10.7 Å². The maximum Gasteiger partial charge on any atom is 0.314 e. The zero-order valence-corrected chi connectivity index (χ0v) is 10.8. The molecule has 2 rings (SSSR count). The minimum atomic E-state index is -0.175. The molecule has 7 nitrogen and oxygen atoms in total. The van der Waals surface area contributed by atoms with Crippen molar-refractivity contribution in [3.8, 4) is 0 Å². The van der Waals surface area contributed by atoms with Crippen LogP contribution in [0.1, 0.15) is 12.8 Å². The van der Waals surface area contributed by atoms with Crippen LogP contribution in [0.5, 0.6) is 0 Å². The Morgan fingerprint density at radius 2 is 2.16 bits per heavy atom. The third kappa shape index (κ3) is 5.09. The number of rotatable bonds is 6. The normalized spacial score (nSPS) is 18.0. The molecule has 0 aliphatic carbocycles. The molecular weight excluding hydrogens is 246 g/mol. The van der Waals surface area contributed by atoms with Gasteiger partial charge < -0.3 is 20.7 Å². The molecule has 104 valence electrons. The van der Waals surface area contributed by atoms with Gasteiger partial charge in [-0.3, -0.25) is 0 Å². The second-order valence-electron chi connectivity index (χ2n) is 4.27. The Labute approximate surface area is 112 Å². The number of hydrogen-bond acceptors (Lipinski definition) is 5. The van der Waals surface area contributed by atoms with Gasteiger partial charge in [-0.05, 0) is 18.9 Å². The molecule has 1 unspecified atom stereocenters. The number of nitrogens with zero attached hydrogens (tertiary/aromatic N) is 2. The number of carbonyl (C=O) groups is 1. The van der Waals surface area contributed by atoms with Gasteiger partial charge in [0.05, 0.1) is 6.10 Å². The highest BCUT2D eigenvalue weighted by molar-refractivity contribution is 5.73. The van der Waals surface area contributed by atoms with Gasteiger partial charge in [0.25, 0.3) is 0 Å². The number of ether oxygens (including phenoxy) is 1. The molecule has 1 fully saturated rings. The van der Waals surface area contributed by atoms with Gasteiger partial charge in [0, 0.05) is 38.6 Å². The van der Waals surface area contributed by atoms with Crippen LogP contribution in [0.15, 0.2) is 18.5 Å². The summed E-state index contributed by atoms with van der Waals surface area (Å²) in [5, 5.41) is 8.55. The SMILES string of the molecule is O=C(NCCNc1ncccn1)NCC1CCCO1. The van der Waals surface area contributed by atoms with Crippen LogP contribution >= 0.6 is 0 Å².